The summed E-state index contributed by atoms with van der Waals surface area (Å²) < 4.78 is 12.9. The first-order chi connectivity index (χ1) is 13.4. The summed E-state index contributed by atoms with van der Waals surface area (Å²) in [6, 6.07) is 12.6. The summed E-state index contributed by atoms with van der Waals surface area (Å²) in [5.41, 5.74) is 2.00. The Morgan fingerprint density at radius 1 is 0.893 bits per heavy atom. The summed E-state index contributed by atoms with van der Waals surface area (Å²) in [5, 5.41) is 2.58. The van der Waals surface area contributed by atoms with Crippen LogP contribution in [0.25, 0.3) is 0 Å². The lowest BCUT2D eigenvalue weighted by molar-refractivity contribution is -0.130. The van der Waals surface area contributed by atoms with Crippen molar-refractivity contribution in [3.8, 4) is 0 Å². The van der Waals surface area contributed by atoms with E-state index in [1.807, 2.05) is 12.1 Å². The minimum atomic E-state index is -0.415. The van der Waals surface area contributed by atoms with Crippen molar-refractivity contribution in [1.82, 2.24) is 10.2 Å². The zero-order valence-corrected chi connectivity index (χ0v) is 15.7. The Hall–Kier alpha value is -3.22. The van der Waals surface area contributed by atoms with Gasteiger partial charge in [-0.25, -0.2) is 4.39 Å². The molecule has 6 nitrogen and oxygen atoms in total. The highest BCUT2D eigenvalue weighted by atomic mass is 19.1. The van der Waals surface area contributed by atoms with Crippen LogP contribution in [0.15, 0.2) is 48.5 Å². The maximum Gasteiger partial charge on any atom is 0.251 e. The lowest BCUT2D eigenvalue weighted by Gasteiger charge is -2.36. The van der Waals surface area contributed by atoms with Crippen molar-refractivity contribution in [1.29, 1.82) is 0 Å². The van der Waals surface area contributed by atoms with Gasteiger partial charge in [-0.05, 0) is 55.5 Å². The molecule has 28 heavy (non-hydrogen) atoms. The number of amides is 2. The average Bonchev–Trinajstić information content (AvgIpc) is 2.72. The van der Waals surface area contributed by atoms with Gasteiger partial charge in [0.1, 0.15) is 5.82 Å². The van der Waals surface area contributed by atoms with E-state index < -0.39 is 11.7 Å². The van der Waals surface area contributed by atoms with Crippen LogP contribution in [0, 0.1) is 5.82 Å². The molecule has 7 heteroatoms. The number of hydrogen-bond acceptors (Lipinski definition) is 4. The number of piperazine rings is 1. The molecule has 0 spiro atoms. The summed E-state index contributed by atoms with van der Waals surface area (Å²) in [6.45, 7) is 3.91. The lowest BCUT2D eigenvalue weighted by atomic mass is 10.1. The monoisotopic (exact) mass is 383 g/mol. The molecular weight excluding hydrogens is 361 g/mol. The highest BCUT2D eigenvalue weighted by Crippen LogP contribution is 2.17. The lowest BCUT2D eigenvalue weighted by Crippen LogP contribution is -2.51. The molecule has 1 N–H and O–H groups in total. The number of hydrogen-bond donors (Lipinski definition) is 1. The van der Waals surface area contributed by atoms with E-state index in [4.69, 9.17) is 0 Å². The van der Waals surface area contributed by atoms with E-state index in [-0.39, 0.29) is 18.2 Å². The van der Waals surface area contributed by atoms with Crippen LogP contribution in [0.3, 0.4) is 0 Å². The minimum absolute atomic E-state index is 0.0321. The van der Waals surface area contributed by atoms with Crippen molar-refractivity contribution in [2.24, 2.45) is 0 Å². The zero-order chi connectivity index (χ0) is 20.1. The Labute approximate surface area is 162 Å². The van der Waals surface area contributed by atoms with E-state index in [1.165, 1.54) is 31.2 Å². The molecule has 0 aromatic heterocycles. The molecule has 2 amide bonds. The van der Waals surface area contributed by atoms with Crippen molar-refractivity contribution < 1.29 is 18.8 Å². The molecule has 2 aromatic carbocycles. The summed E-state index contributed by atoms with van der Waals surface area (Å²) in [7, 11) is 0. The molecular formula is C21H22FN3O3. The van der Waals surface area contributed by atoms with E-state index in [0.29, 0.717) is 37.3 Å². The first kappa shape index (κ1) is 19.5. The molecule has 0 atom stereocenters. The number of carbonyl (C=O) groups is 3. The minimum Gasteiger partial charge on any atom is -0.368 e. The van der Waals surface area contributed by atoms with Gasteiger partial charge < -0.3 is 15.1 Å². The van der Waals surface area contributed by atoms with Gasteiger partial charge in [0.25, 0.3) is 5.91 Å². The Morgan fingerprint density at radius 2 is 1.46 bits per heavy atom. The van der Waals surface area contributed by atoms with Crippen LogP contribution in [0.4, 0.5) is 10.1 Å². The van der Waals surface area contributed by atoms with Crippen molar-refractivity contribution in [3.63, 3.8) is 0 Å². The second kappa shape index (κ2) is 8.65. The molecule has 0 radical (unpaired) electrons. The number of rotatable bonds is 5. The summed E-state index contributed by atoms with van der Waals surface area (Å²) in [5.74, 6) is -0.939. The van der Waals surface area contributed by atoms with E-state index in [1.54, 1.807) is 17.0 Å². The van der Waals surface area contributed by atoms with Gasteiger partial charge in [0.15, 0.2) is 5.78 Å². The van der Waals surface area contributed by atoms with Gasteiger partial charge in [0, 0.05) is 43.0 Å². The molecule has 2 aromatic rings. The maximum atomic E-state index is 12.9. The van der Waals surface area contributed by atoms with Crippen LogP contribution in [0.1, 0.15) is 27.6 Å². The fourth-order valence-electron chi connectivity index (χ4n) is 3.09. The van der Waals surface area contributed by atoms with E-state index in [9.17, 15) is 18.8 Å². The third-order valence-electron chi connectivity index (χ3n) is 4.78. The van der Waals surface area contributed by atoms with Gasteiger partial charge in [-0.15, -0.1) is 0 Å². The van der Waals surface area contributed by atoms with Crippen LogP contribution in [-0.4, -0.2) is 55.2 Å². The molecule has 1 aliphatic heterocycles. The molecule has 0 aliphatic carbocycles. The van der Waals surface area contributed by atoms with Gasteiger partial charge in [-0.2, -0.15) is 0 Å². The third kappa shape index (κ3) is 4.73. The predicted octanol–water partition coefficient (Wildman–Crippen LogP) is 2.11. The van der Waals surface area contributed by atoms with Gasteiger partial charge in [0.2, 0.25) is 5.91 Å². The first-order valence-corrected chi connectivity index (χ1v) is 9.11. The fourth-order valence-corrected chi connectivity index (χ4v) is 3.09. The number of anilines is 1. The smallest absolute Gasteiger partial charge is 0.251 e. The SMILES string of the molecule is CC(=O)c1ccc(N2CCN(C(=O)CNC(=O)c3ccc(F)cc3)CC2)cc1. The van der Waals surface area contributed by atoms with Crippen molar-refractivity contribution >= 4 is 23.3 Å². The van der Waals surface area contributed by atoms with Crippen LogP contribution in [0.2, 0.25) is 0 Å². The zero-order valence-electron chi connectivity index (χ0n) is 15.7. The van der Waals surface area contributed by atoms with Crippen molar-refractivity contribution in [2.45, 2.75) is 6.92 Å². The van der Waals surface area contributed by atoms with Gasteiger partial charge in [0.05, 0.1) is 6.54 Å². The maximum absolute atomic E-state index is 12.9. The molecule has 0 unspecified atom stereocenters. The highest BCUT2D eigenvalue weighted by molar-refractivity contribution is 5.96. The van der Waals surface area contributed by atoms with E-state index in [2.05, 4.69) is 10.2 Å². The van der Waals surface area contributed by atoms with Crippen molar-refractivity contribution in [2.75, 3.05) is 37.6 Å². The summed E-state index contributed by atoms with van der Waals surface area (Å²) in [4.78, 5) is 39.6. The highest BCUT2D eigenvalue weighted by Gasteiger charge is 2.21. The quantitative estimate of drug-likeness (QED) is 0.803. The molecule has 1 fully saturated rings. The van der Waals surface area contributed by atoms with Crippen LogP contribution in [0.5, 0.6) is 0 Å². The molecule has 1 saturated heterocycles. The number of carbonyl (C=O) groups excluding carboxylic acids is 3. The Kier molecular flexibility index (Phi) is 6.03. The topological polar surface area (TPSA) is 69.7 Å². The number of nitrogens with one attached hydrogen (secondary N) is 1. The number of benzene rings is 2. The molecule has 146 valence electrons. The van der Waals surface area contributed by atoms with E-state index in [0.717, 1.165) is 5.69 Å². The Balaban J connectivity index is 1.47. The van der Waals surface area contributed by atoms with Crippen LogP contribution >= 0.6 is 0 Å². The van der Waals surface area contributed by atoms with E-state index >= 15 is 0 Å². The number of nitrogens with zero attached hydrogens (tertiary/aromatic N) is 2. The normalized spacial score (nSPS) is 13.9. The molecule has 0 saturated carbocycles. The Morgan fingerprint density at radius 3 is 2.04 bits per heavy atom. The standard InChI is InChI=1S/C21H22FN3O3/c1-15(26)16-4-8-19(9-5-16)24-10-12-25(13-11-24)20(27)14-23-21(28)17-2-6-18(22)7-3-17/h2-9H,10-14H2,1H3,(H,23,28). The largest absolute Gasteiger partial charge is 0.368 e. The van der Waals surface area contributed by atoms with Gasteiger partial charge >= 0.3 is 0 Å². The third-order valence-corrected chi connectivity index (χ3v) is 4.78. The van der Waals surface area contributed by atoms with Gasteiger partial charge in [-0.1, -0.05) is 0 Å². The average molecular weight is 383 g/mol. The summed E-state index contributed by atoms with van der Waals surface area (Å²) >= 11 is 0. The fraction of sp³-hybridized carbons (Fsp3) is 0.286. The molecule has 3 rings (SSSR count). The molecule has 0 bridgehead atoms. The molecule has 1 heterocycles. The second-order valence-electron chi connectivity index (χ2n) is 6.66. The predicted molar refractivity (Wildman–Crippen MR) is 104 cm³/mol. The van der Waals surface area contributed by atoms with Crippen LogP contribution < -0.4 is 10.2 Å². The molecule has 1 aliphatic rings. The first-order valence-electron chi connectivity index (χ1n) is 9.11. The Bertz CT molecular complexity index is 857. The second-order valence-corrected chi connectivity index (χ2v) is 6.66. The van der Waals surface area contributed by atoms with Gasteiger partial charge in [-0.3, -0.25) is 14.4 Å². The van der Waals surface area contributed by atoms with Crippen molar-refractivity contribution in [3.05, 3.63) is 65.5 Å². The number of Topliss-reactive ketones (excluding diaryl/α,β-unsaturated/α-hetero) is 1. The van der Waals surface area contributed by atoms with Crippen LogP contribution in [-0.2, 0) is 4.79 Å². The summed E-state index contributed by atoms with van der Waals surface area (Å²) in [6.07, 6.45) is 0. The number of halogens is 1. The number of ketones is 1.